The lowest BCUT2D eigenvalue weighted by Gasteiger charge is -2.23. The van der Waals surface area contributed by atoms with Crippen molar-refractivity contribution in [2.45, 2.75) is 19.8 Å². The number of benzene rings is 1. The summed E-state index contributed by atoms with van der Waals surface area (Å²) in [4.78, 5) is 29.6. The van der Waals surface area contributed by atoms with Gasteiger partial charge in [0.2, 0.25) is 0 Å². The van der Waals surface area contributed by atoms with Gasteiger partial charge in [0.05, 0.1) is 0 Å². The van der Waals surface area contributed by atoms with Crippen molar-refractivity contribution in [2.75, 3.05) is 11.4 Å². The molecule has 19 heavy (non-hydrogen) atoms. The van der Waals surface area contributed by atoms with Gasteiger partial charge in [-0.2, -0.15) is 0 Å². The predicted molar refractivity (Wildman–Crippen MR) is 76.0 cm³/mol. The maximum Gasteiger partial charge on any atom is 0.327 e. The van der Waals surface area contributed by atoms with Crippen LogP contribution in [0.1, 0.15) is 19.8 Å². The van der Waals surface area contributed by atoms with Gasteiger partial charge in [-0.3, -0.25) is 14.8 Å². The summed E-state index contributed by atoms with van der Waals surface area (Å²) in [6, 6.07) is 11.1. The number of H-pyrrole nitrogens is 2. The molecule has 1 aromatic heterocycles. The van der Waals surface area contributed by atoms with Crippen molar-refractivity contribution < 1.29 is 0 Å². The number of rotatable bonds is 5. The molecule has 0 saturated carbocycles. The summed E-state index contributed by atoms with van der Waals surface area (Å²) in [5, 5.41) is 0. The first-order valence-electron chi connectivity index (χ1n) is 6.37. The average Bonchev–Trinajstić information content (AvgIpc) is 2.39. The largest absolute Gasteiger partial charge is 0.328 e. The van der Waals surface area contributed by atoms with E-state index in [1.807, 2.05) is 35.2 Å². The smallest absolute Gasteiger partial charge is 0.327 e. The van der Waals surface area contributed by atoms with Gasteiger partial charge in [-0.25, -0.2) is 4.79 Å². The van der Waals surface area contributed by atoms with E-state index in [0.717, 1.165) is 25.1 Å². The highest BCUT2D eigenvalue weighted by molar-refractivity contribution is 5.59. The zero-order chi connectivity index (χ0) is 13.7. The van der Waals surface area contributed by atoms with Gasteiger partial charge in [-0.1, -0.05) is 31.5 Å². The zero-order valence-corrected chi connectivity index (χ0v) is 10.8. The molecule has 0 unspecified atom stereocenters. The van der Waals surface area contributed by atoms with Crippen LogP contribution in [0.4, 0.5) is 11.5 Å². The van der Waals surface area contributed by atoms with Gasteiger partial charge in [0, 0.05) is 18.3 Å². The van der Waals surface area contributed by atoms with Gasteiger partial charge < -0.3 is 4.90 Å². The van der Waals surface area contributed by atoms with Crippen LogP contribution in [0.15, 0.2) is 46.0 Å². The summed E-state index contributed by atoms with van der Waals surface area (Å²) in [7, 11) is 0. The van der Waals surface area contributed by atoms with Crippen LogP contribution in [0.3, 0.4) is 0 Å². The molecular formula is C14H17N3O2. The molecule has 0 saturated heterocycles. The minimum absolute atomic E-state index is 0.392. The Morgan fingerprint density at radius 2 is 1.84 bits per heavy atom. The number of nitrogens with zero attached hydrogens (tertiary/aromatic N) is 1. The lowest BCUT2D eigenvalue weighted by Crippen LogP contribution is -2.28. The Morgan fingerprint density at radius 3 is 2.47 bits per heavy atom. The first-order chi connectivity index (χ1) is 9.20. The number of anilines is 2. The second kappa shape index (κ2) is 6.04. The monoisotopic (exact) mass is 259 g/mol. The SMILES string of the molecule is CCCCN(c1ccccc1)c1cc(=O)[nH]c(=O)[nH]1. The average molecular weight is 259 g/mol. The molecule has 1 heterocycles. The minimum Gasteiger partial charge on any atom is -0.328 e. The van der Waals surface area contributed by atoms with Gasteiger partial charge in [0.1, 0.15) is 5.82 Å². The molecule has 5 heteroatoms. The fourth-order valence-corrected chi connectivity index (χ4v) is 1.91. The van der Waals surface area contributed by atoms with E-state index in [-0.39, 0.29) is 0 Å². The van der Waals surface area contributed by atoms with Crippen molar-refractivity contribution >= 4 is 11.5 Å². The van der Waals surface area contributed by atoms with Crippen molar-refractivity contribution in [1.82, 2.24) is 9.97 Å². The Balaban J connectivity index is 2.42. The molecule has 5 nitrogen and oxygen atoms in total. The van der Waals surface area contributed by atoms with Gasteiger partial charge >= 0.3 is 5.69 Å². The Kier molecular flexibility index (Phi) is 4.18. The molecule has 2 aromatic rings. The Hall–Kier alpha value is -2.30. The second-order valence-corrected chi connectivity index (χ2v) is 4.31. The van der Waals surface area contributed by atoms with E-state index in [1.54, 1.807) is 0 Å². The van der Waals surface area contributed by atoms with Crippen LogP contribution < -0.4 is 16.1 Å². The van der Waals surface area contributed by atoms with E-state index in [1.165, 1.54) is 6.07 Å². The molecule has 2 rings (SSSR count). The third kappa shape index (κ3) is 3.34. The Labute approximate surface area is 110 Å². The Morgan fingerprint density at radius 1 is 1.11 bits per heavy atom. The molecule has 100 valence electrons. The number of para-hydroxylation sites is 1. The fraction of sp³-hybridized carbons (Fsp3) is 0.286. The molecule has 0 aliphatic heterocycles. The van der Waals surface area contributed by atoms with Crippen molar-refractivity contribution in [3.05, 3.63) is 57.2 Å². The molecule has 0 fully saturated rings. The first-order valence-corrected chi connectivity index (χ1v) is 6.37. The maximum absolute atomic E-state index is 11.4. The molecule has 0 atom stereocenters. The molecule has 2 N–H and O–H groups in total. The number of unbranched alkanes of at least 4 members (excludes halogenated alkanes) is 1. The molecule has 0 radical (unpaired) electrons. The lowest BCUT2D eigenvalue weighted by atomic mass is 10.2. The quantitative estimate of drug-likeness (QED) is 0.863. The van der Waals surface area contributed by atoms with Crippen molar-refractivity contribution in [3.8, 4) is 0 Å². The summed E-state index contributed by atoms with van der Waals surface area (Å²) in [5.41, 5.74) is 0.0771. The standard InChI is InChI=1S/C14H17N3O2/c1-2-3-9-17(11-7-5-4-6-8-11)12-10-13(18)16-14(19)15-12/h4-8,10H,2-3,9H2,1H3,(H2,15,16,18,19). The van der Waals surface area contributed by atoms with Gasteiger partial charge in [-0.05, 0) is 18.6 Å². The fourth-order valence-electron chi connectivity index (χ4n) is 1.91. The molecule has 0 spiro atoms. The first kappa shape index (κ1) is 13.1. The molecule has 0 amide bonds. The van der Waals surface area contributed by atoms with Crippen LogP contribution in [-0.2, 0) is 0 Å². The third-order valence-electron chi connectivity index (χ3n) is 2.84. The number of nitrogens with one attached hydrogen (secondary N) is 2. The van der Waals surface area contributed by atoms with E-state index < -0.39 is 11.2 Å². The summed E-state index contributed by atoms with van der Waals surface area (Å²) >= 11 is 0. The Bertz CT molecular complexity index is 603. The molecular weight excluding hydrogens is 242 g/mol. The predicted octanol–water partition coefficient (Wildman–Crippen LogP) is 2.00. The summed E-state index contributed by atoms with van der Waals surface area (Å²) in [5.74, 6) is 0.522. The summed E-state index contributed by atoms with van der Waals surface area (Å²) in [6.45, 7) is 2.85. The van der Waals surface area contributed by atoms with Gasteiger partial charge in [0.15, 0.2) is 0 Å². The minimum atomic E-state index is -0.486. The van der Waals surface area contributed by atoms with Crippen LogP contribution in [0.5, 0.6) is 0 Å². The van der Waals surface area contributed by atoms with Crippen LogP contribution >= 0.6 is 0 Å². The van der Waals surface area contributed by atoms with Crippen LogP contribution in [0.25, 0.3) is 0 Å². The molecule has 0 aliphatic rings. The highest BCUT2D eigenvalue weighted by Crippen LogP contribution is 2.21. The van der Waals surface area contributed by atoms with E-state index in [0.29, 0.717) is 5.82 Å². The number of aromatic amines is 2. The van der Waals surface area contributed by atoms with Crippen molar-refractivity contribution in [2.24, 2.45) is 0 Å². The number of hydrogen-bond acceptors (Lipinski definition) is 3. The van der Waals surface area contributed by atoms with Crippen LogP contribution in [0.2, 0.25) is 0 Å². The molecule has 1 aromatic carbocycles. The van der Waals surface area contributed by atoms with Crippen molar-refractivity contribution in [3.63, 3.8) is 0 Å². The third-order valence-corrected chi connectivity index (χ3v) is 2.84. The second-order valence-electron chi connectivity index (χ2n) is 4.31. The normalized spacial score (nSPS) is 10.4. The van der Waals surface area contributed by atoms with E-state index >= 15 is 0 Å². The number of aromatic nitrogens is 2. The zero-order valence-electron chi connectivity index (χ0n) is 10.8. The highest BCUT2D eigenvalue weighted by Gasteiger charge is 2.10. The van der Waals surface area contributed by atoms with E-state index in [9.17, 15) is 9.59 Å². The van der Waals surface area contributed by atoms with E-state index in [4.69, 9.17) is 0 Å². The van der Waals surface area contributed by atoms with Crippen LogP contribution in [-0.4, -0.2) is 16.5 Å². The van der Waals surface area contributed by atoms with Crippen molar-refractivity contribution in [1.29, 1.82) is 0 Å². The van der Waals surface area contributed by atoms with Crippen LogP contribution in [0, 0.1) is 0 Å². The highest BCUT2D eigenvalue weighted by atomic mass is 16.2. The molecule has 0 bridgehead atoms. The van der Waals surface area contributed by atoms with E-state index in [2.05, 4.69) is 16.9 Å². The maximum atomic E-state index is 11.4. The van der Waals surface area contributed by atoms with Gasteiger partial charge in [-0.15, -0.1) is 0 Å². The molecule has 0 aliphatic carbocycles. The topological polar surface area (TPSA) is 69.0 Å². The lowest BCUT2D eigenvalue weighted by molar-refractivity contribution is 0.775. The number of hydrogen-bond donors (Lipinski definition) is 2. The van der Waals surface area contributed by atoms with Gasteiger partial charge in [0.25, 0.3) is 5.56 Å². The summed E-state index contributed by atoms with van der Waals surface area (Å²) in [6.07, 6.45) is 2.01. The summed E-state index contributed by atoms with van der Waals surface area (Å²) < 4.78 is 0.